The number of hydrogen-bond acceptors (Lipinski definition) is 3. The highest BCUT2D eigenvalue weighted by atomic mass is 16.5. The summed E-state index contributed by atoms with van der Waals surface area (Å²) < 4.78 is 5.70. The lowest BCUT2D eigenvalue weighted by Crippen LogP contribution is -2.30. The fourth-order valence-electron chi connectivity index (χ4n) is 3.72. The van der Waals surface area contributed by atoms with Crippen molar-refractivity contribution in [1.29, 1.82) is 0 Å². The highest BCUT2D eigenvalue weighted by molar-refractivity contribution is 6.13. The van der Waals surface area contributed by atoms with Crippen LogP contribution in [0.3, 0.4) is 0 Å². The SMILES string of the molecule is C=CC1=C(C=C)[C@@H](c2ccc(OCCC)cc2)N(c2ccc3nc[nH]c3c2)C1=O. The predicted molar refractivity (Wildman–Crippen MR) is 116 cm³/mol. The Morgan fingerprint density at radius 1 is 1.17 bits per heavy atom. The molecule has 5 nitrogen and oxygen atoms in total. The number of hydrogen-bond donors (Lipinski definition) is 1. The number of imidazole rings is 1. The summed E-state index contributed by atoms with van der Waals surface area (Å²) in [6.07, 6.45) is 5.96. The van der Waals surface area contributed by atoms with Gasteiger partial charge in [0, 0.05) is 11.3 Å². The Labute approximate surface area is 170 Å². The summed E-state index contributed by atoms with van der Waals surface area (Å²) in [5.41, 5.74) is 4.93. The van der Waals surface area contributed by atoms with E-state index < -0.39 is 0 Å². The Kier molecular flexibility index (Phi) is 5.04. The van der Waals surface area contributed by atoms with Crippen LogP contribution < -0.4 is 9.64 Å². The first-order chi connectivity index (χ1) is 14.2. The van der Waals surface area contributed by atoms with Crippen molar-refractivity contribution in [3.63, 3.8) is 0 Å². The molecule has 0 saturated carbocycles. The zero-order valence-corrected chi connectivity index (χ0v) is 16.4. The number of rotatable bonds is 7. The molecule has 2 aromatic carbocycles. The van der Waals surface area contributed by atoms with Gasteiger partial charge in [0.1, 0.15) is 5.75 Å². The van der Waals surface area contributed by atoms with Crippen LogP contribution in [0.4, 0.5) is 5.69 Å². The smallest absolute Gasteiger partial charge is 0.259 e. The van der Waals surface area contributed by atoms with E-state index in [0.717, 1.165) is 40.0 Å². The third-order valence-electron chi connectivity index (χ3n) is 5.09. The quantitative estimate of drug-likeness (QED) is 0.615. The van der Waals surface area contributed by atoms with E-state index in [1.807, 2.05) is 42.5 Å². The number of aromatic amines is 1. The molecule has 0 spiro atoms. The Balaban J connectivity index is 1.79. The topological polar surface area (TPSA) is 58.2 Å². The summed E-state index contributed by atoms with van der Waals surface area (Å²) in [4.78, 5) is 22.4. The number of carbonyl (C=O) groups is 1. The maximum atomic E-state index is 13.3. The van der Waals surface area contributed by atoms with Crippen molar-refractivity contribution in [3.05, 3.63) is 90.8 Å². The highest BCUT2D eigenvalue weighted by Crippen LogP contribution is 2.42. The molecule has 1 aliphatic heterocycles. The molecule has 0 radical (unpaired) electrons. The zero-order valence-electron chi connectivity index (χ0n) is 16.4. The van der Waals surface area contributed by atoms with Crippen LogP contribution in [0.25, 0.3) is 11.0 Å². The molecule has 4 rings (SSSR count). The van der Waals surface area contributed by atoms with Crippen LogP contribution in [0, 0.1) is 0 Å². The summed E-state index contributed by atoms with van der Waals surface area (Å²) >= 11 is 0. The highest BCUT2D eigenvalue weighted by Gasteiger charge is 2.38. The maximum Gasteiger partial charge on any atom is 0.259 e. The molecule has 146 valence electrons. The largest absolute Gasteiger partial charge is 0.494 e. The number of carbonyl (C=O) groups excluding carboxylic acids is 1. The average Bonchev–Trinajstić information content (AvgIpc) is 3.33. The molecule has 1 atom stereocenters. The molecule has 0 aliphatic carbocycles. The van der Waals surface area contributed by atoms with Gasteiger partial charge >= 0.3 is 0 Å². The van der Waals surface area contributed by atoms with Crippen molar-refractivity contribution < 1.29 is 9.53 Å². The van der Waals surface area contributed by atoms with E-state index in [-0.39, 0.29) is 11.9 Å². The van der Waals surface area contributed by atoms with Crippen LogP contribution in [-0.2, 0) is 4.79 Å². The Morgan fingerprint density at radius 3 is 2.66 bits per heavy atom. The van der Waals surface area contributed by atoms with Crippen LogP contribution in [0.5, 0.6) is 5.75 Å². The molecule has 0 bridgehead atoms. The van der Waals surface area contributed by atoms with E-state index in [9.17, 15) is 4.79 Å². The first-order valence-corrected chi connectivity index (χ1v) is 9.66. The molecule has 0 fully saturated rings. The fraction of sp³-hybridized carbons (Fsp3) is 0.167. The Bertz CT molecular complexity index is 1110. The van der Waals surface area contributed by atoms with Crippen molar-refractivity contribution >= 4 is 22.6 Å². The van der Waals surface area contributed by atoms with E-state index in [1.54, 1.807) is 23.4 Å². The molecule has 1 aliphatic rings. The first-order valence-electron chi connectivity index (χ1n) is 9.66. The summed E-state index contributed by atoms with van der Waals surface area (Å²) in [6.45, 7) is 10.6. The summed E-state index contributed by atoms with van der Waals surface area (Å²) in [5.74, 6) is 0.725. The monoisotopic (exact) mass is 385 g/mol. The number of amides is 1. The number of nitrogens with zero attached hydrogens (tertiary/aromatic N) is 2. The minimum absolute atomic E-state index is 0.0925. The first kappa shape index (κ1) is 18.7. The van der Waals surface area contributed by atoms with Crippen molar-refractivity contribution in [2.75, 3.05) is 11.5 Å². The summed E-state index contributed by atoms with van der Waals surface area (Å²) in [7, 11) is 0. The lowest BCUT2D eigenvalue weighted by Gasteiger charge is -2.27. The van der Waals surface area contributed by atoms with Crippen LogP contribution in [-0.4, -0.2) is 22.5 Å². The predicted octanol–water partition coefficient (Wildman–Crippen LogP) is 5.11. The van der Waals surface area contributed by atoms with Gasteiger partial charge in [-0.25, -0.2) is 4.98 Å². The molecule has 3 aromatic rings. The number of aromatic nitrogens is 2. The van der Waals surface area contributed by atoms with E-state index >= 15 is 0 Å². The van der Waals surface area contributed by atoms with Gasteiger partial charge in [0.25, 0.3) is 5.91 Å². The molecule has 1 aromatic heterocycles. The molecular formula is C24H23N3O2. The van der Waals surface area contributed by atoms with E-state index in [4.69, 9.17) is 4.74 Å². The molecule has 29 heavy (non-hydrogen) atoms. The van der Waals surface area contributed by atoms with Crippen LogP contribution >= 0.6 is 0 Å². The maximum absolute atomic E-state index is 13.3. The van der Waals surface area contributed by atoms with Crippen molar-refractivity contribution in [2.24, 2.45) is 0 Å². The molecule has 1 amide bonds. The number of H-pyrrole nitrogens is 1. The van der Waals surface area contributed by atoms with E-state index in [1.165, 1.54) is 0 Å². The fourth-order valence-corrected chi connectivity index (χ4v) is 3.72. The van der Waals surface area contributed by atoms with Gasteiger partial charge in [-0.2, -0.15) is 0 Å². The second-order valence-electron chi connectivity index (χ2n) is 6.88. The van der Waals surface area contributed by atoms with Gasteiger partial charge in [-0.3, -0.25) is 9.69 Å². The Morgan fingerprint density at radius 2 is 1.97 bits per heavy atom. The van der Waals surface area contributed by atoms with Crippen LogP contribution in [0.1, 0.15) is 24.9 Å². The lowest BCUT2D eigenvalue weighted by atomic mass is 9.97. The Hall–Kier alpha value is -3.60. The summed E-state index contributed by atoms with van der Waals surface area (Å²) in [6, 6.07) is 13.4. The minimum Gasteiger partial charge on any atom is -0.494 e. The molecule has 5 heteroatoms. The van der Waals surface area contributed by atoms with E-state index in [2.05, 4.69) is 30.0 Å². The van der Waals surface area contributed by atoms with Gasteiger partial charge in [-0.05, 0) is 47.9 Å². The number of anilines is 1. The average molecular weight is 385 g/mol. The van der Waals surface area contributed by atoms with Crippen molar-refractivity contribution in [3.8, 4) is 5.75 Å². The van der Waals surface area contributed by atoms with Crippen molar-refractivity contribution in [2.45, 2.75) is 19.4 Å². The van der Waals surface area contributed by atoms with Gasteiger partial charge in [-0.15, -0.1) is 0 Å². The third kappa shape index (κ3) is 3.25. The van der Waals surface area contributed by atoms with Gasteiger partial charge in [0.15, 0.2) is 0 Å². The van der Waals surface area contributed by atoms with Gasteiger partial charge in [0.05, 0.1) is 30.0 Å². The third-order valence-corrected chi connectivity index (χ3v) is 5.09. The lowest BCUT2D eigenvalue weighted by molar-refractivity contribution is -0.114. The molecular weight excluding hydrogens is 362 g/mol. The van der Waals surface area contributed by atoms with Crippen LogP contribution in [0.2, 0.25) is 0 Å². The normalized spacial score (nSPS) is 16.5. The number of ether oxygens (including phenoxy) is 1. The standard InChI is InChI=1S/C24H23N3O2/c1-4-13-29-18-10-7-16(8-11-18)23-19(5-2)20(6-3)24(28)27(23)17-9-12-21-22(14-17)26-15-25-21/h5-12,14-15,23H,2-4,13H2,1H3,(H,25,26)/t23-/m1/s1. The summed E-state index contributed by atoms with van der Waals surface area (Å²) in [5, 5.41) is 0. The second-order valence-corrected chi connectivity index (χ2v) is 6.88. The van der Waals surface area contributed by atoms with Gasteiger partial charge in [-0.1, -0.05) is 44.4 Å². The minimum atomic E-state index is -0.284. The molecule has 2 heterocycles. The van der Waals surface area contributed by atoms with E-state index in [0.29, 0.717) is 12.2 Å². The van der Waals surface area contributed by atoms with Crippen molar-refractivity contribution in [1.82, 2.24) is 9.97 Å². The molecule has 0 unspecified atom stereocenters. The molecule has 1 N–H and O–H groups in total. The number of benzene rings is 2. The number of fused-ring (bicyclic) bond motifs is 1. The van der Waals surface area contributed by atoms with Crippen LogP contribution in [0.15, 0.2) is 85.2 Å². The second kappa shape index (κ2) is 7.80. The van der Waals surface area contributed by atoms with Gasteiger partial charge < -0.3 is 9.72 Å². The zero-order chi connectivity index (χ0) is 20.4. The number of nitrogens with one attached hydrogen (secondary N) is 1. The van der Waals surface area contributed by atoms with Gasteiger partial charge in [0.2, 0.25) is 0 Å². The molecule has 0 saturated heterocycles.